The van der Waals surface area contributed by atoms with Crippen molar-refractivity contribution in [2.24, 2.45) is 5.92 Å². The Morgan fingerprint density at radius 2 is 2.03 bits per heavy atom. The van der Waals surface area contributed by atoms with Crippen molar-refractivity contribution in [3.63, 3.8) is 0 Å². The Balaban J connectivity index is 1.46. The van der Waals surface area contributed by atoms with Crippen LogP contribution in [0.3, 0.4) is 0 Å². The number of halogens is 1. The van der Waals surface area contributed by atoms with Gasteiger partial charge in [0.05, 0.1) is 22.6 Å². The van der Waals surface area contributed by atoms with E-state index in [9.17, 15) is 4.79 Å². The highest BCUT2D eigenvalue weighted by Gasteiger charge is 2.22. The zero-order valence-corrected chi connectivity index (χ0v) is 17.2. The van der Waals surface area contributed by atoms with Crippen molar-refractivity contribution in [3.8, 4) is 17.1 Å². The summed E-state index contributed by atoms with van der Waals surface area (Å²) in [6, 6.07) is 9.03. The van der Waals surface area contributed by atoms with Crippen LogP contribution in [0.25, 0.3) is 22.6 Å². The number of rotatable bonds is 4. The lowest BCUT2D eigenvalue weighted by Crippen LogP contribution is -2.23. The van der Waals surface area contributed by atoms with Gasteiger partial charge in [-0.15, -0.1) is 14.8 Å². The quantitative estimate of drug-likeness (QED) is 0.503. The smallest absolute Gasteiger partial charge is 0.284 e. The highest BCUT2D eigenvalue weighted by Crippen LogP contribution is 2.24. The summed E-state index contributed by atoms with van der Waals surface area (Å²) in [5.41, 5.74) is 1.98. The molecule has 1 fully saturated rings. The molecular weight excluding hydrogens is 402 g/mol. The number of hydrogen-bond donors (Lipinski definition) is 0. The van der Waals surface area contributed by atoms with Crippen LogP contribution in [0.1, 0.15) is 19.8 Å². The second-order valence-corrected chi connectivity index (χ2v) is 7.89. The molecule has 0 amide bonds. The van der Waals surface area contributed by atoms with Gasteiger partial charge in [0, 0.05) is 25.4 Å². The maximum atomic E-state index is 13.0. The van der Waals surface area contributed by atoms with Gasteiger partial charge in [-0.1, -0.05) is 24.9 Å². The van der Waals surface area contributed by atoms with E-state index in [1.165, 1.54) is 28.4 Å². The molecule has 0 radical (unpaired) electrons. The van der Waals surface area contributed by atoms with Crippen LogP contribution in [0, 0.1) is 5.92 Å². The third kappa shape index (κ3) is 3.33. The van der Waals surface area contributed by atoms with Gasteiger partial charge >= 0.3 is 0 Å². The molecule has 8 nitrogen and oxygen atoms in total. The number of nitrogens with zero attached hydrogens (tertiary/aromatic N) is 7. The molecule has 1 aliphatic rings. The maximum absolute atomic E-state index is 13.0. The molecule has 5 heterocycles. The first-order valence-electron chi connectivity index (χ1n) is 9.93. The van der Waals surface area contributed by atoms with E-state index in [2.05, 4.69) is 32.0 Å². The third-order valence-corrected chi connectivity index (χ3v) is 5.82. The fourth-order valence-electron chi connectivity index (χ4n) is 3.80. The fraction of sp³-hybridized carbons (Fsp3) is 0.286. The van der Waals surface area contributed by atoms with Gasteiger partial charge in [-0.3, -0.25) is 14.3 Å². The molecule has 0 bridgehead atoms. The van der Waals surface area contributed by atoms with Crippen LogP contribution < -0.4 is 10.5 Å². The minimum atomic E-state index is -0.223. The lowest BCUT2D eigenvalue weighted by Gasteiger charge is -2.17. The van der Waals surface area contributed by atoms with Gasteiger partial charge in [-0.05, 0) is 36.6 Å². The largest absolute Gasteiger partial charge is 0.356 e. The molecule has 0 saturated carbocycles. The minimum absolute atomic E-state index is 0.223. The Hall–Kier alpha value is -3.26. The second-order valence-electron chi connectivity index (χ2n) is 7.46. The summed E-state index contributed by atoms with van der Waals surface area (Å²) in [7, 11) is 0. The highest BCUT2D eigenvalue weighted by atomic mass is 35.5. The second kappa shape index (κ2) is 7.53. The topological polar surface area (TPSA) is 81.2 Å². The zero-order chi connectivity index (χ0) is 20.7. The summed E-state index contributed by atoms with van der Waals surface area (Å²) < 4.78 is 2.80. The molecule has 4 aromatic rings. The standard InChI is InChI=1S/C21H20ClN7O/c1-2-14-7-8-27(12-14)20-6-4-16(11-24-20)28-13-25-29-19(21(28)30)9-18(26-29)17-5-3-15(22)10-23-17/h3-6,9-11,13-14H,2,7-8,12H2,1H3. The molecule has 4 aromatic heterocycles. The summed E-state index contributed by atoms with van der Waals surface area (Å²) in [5.74, 6) is 1.67. The Morgan fingerprint density at radius 3 is 2.73 bits per heavy atom. The summed E-state index contributed by atoms with van der Waals surface area (Å²) in [5, 5.41) is 9.17. The van der Waals surface area contributed by atoms with Gasteiger partial charge in [-0.25, -0.2) is 4.98 Å². The fourth-order valence-corrected chi connectivity index (χ4v) is 3.91. The first-order valence-corrected chi connectivity index (χ1v) is 10.3. The van der Waals surface area contributed by atoms with Gasteiger partial charge in [0.2, 0.25) is 0 Å². The third-order valence-electron chi connectivity index (χ3n) is 5.59. The van der Waals surface area contributed by atoms with Crippen LogP contribution in [-0.2, 0) is 0 Å². The van der Waals surface area contributed by atoms with Gasteiger partial charge < -0.3 is 4.90 Å². The van der Waals surface area contributed by atoms with E-state index in [1.54, 1.807) is 30.6 Å². The molecule has 30 heavy (non-hydrogen) atoms. The molecular formula is C21H20ClN7O. The molecule has 1 atom stereocenters. The molecule has 5 rings (SSSR count). The van der Waals surface area contributed by atoms with E-state index in [-0.39, 0.29) is 5.56 Å². The van der Waals surface area contributed by atoms with Crippen LogP contribution in [-0.4, -0.2) is 42.5 Å². The maximum Gasteiger partial charge on any atom is 0.284 e. The number of aromatic nitrogens is 6. The van der Waals surface area contributed by atoms with Crippen molar-refractivity contribution in [2.75, 3.05) is 18.0 Å². The average Bonchev–Trinajstić information content (AvgIpc) is 3.42. The predicted molar refractivity (Wildman–Crippen MR) is 115 cm³/mol. The molecule has 0 spiro atoms. The van der Waals surface area contributed by atoms with Crippen molar-refractivity contribution < 1.29 is 0 Å². The van der Waals surface area contributed by atoms with Crippen LogP contribution in [0.2, 0.25) is 5.02 Å². The number of hydrogen-bond acceptors (Lipinski definition) is 6. The van der Waals surface area contributed by atoms with Crippen molar-refractivity contribution >= 4 is 22.9 Å². The van der Waals surface area contributed by atoms with E-state index in [1.807, 2.05) is 12.1 Å². The lowest BCUT2D eigenvalue weighted by atomic mass is 10.1. The molecule has 1 aliphatic heterocycles. The van der Waals surface area contributed by atoms with Crippen LogP contribution in [0.15, 0.2) is 53.8 Å². The molecule has 0 aromatic carbocycles. The molecule has 152 valence electrons. The Bertz CT molecular complexity index is 1250. The van der Waals surface area contributed by atoms with E-state index in [0.717, 1.165) is 24.8 Å². The first kappa shape index (κ1) is 18.7. The molecule has 0 aliphatic carbocycles. The molecule has 9 heteroatoms. The number of pyridine rings is 2. The molecule has 1 saturated heterocycles. The van der Waals surface area contributed by atoms with Gasteiger partial charge in [0.15, 0.2) is 5.52 Å². The minimum Gasteiger partial charge on any atom is -0.356 e. The van der Waals surface area contributed by atoms with Crippen molar-refractivity contribution in [3.05, 3.63) is 64.4 Å². The first-order chi connectivity index (χ1) is 14.6. The normalized spacial score (nSPS) is 16.5. The van der Waals surface area contributed by atoms with Gasteiger partial charge in [0.25, 0.3) is 5.56 Å². The van der Waals surface area contributed by atoms with Crippen molar-refractivity contribution in [1.29, 1.82) is 0 Å². The lowest BCUT2D eigenvalue weighted by molar-refractivity contribution is 0.568. The summed E-state index contributed by atoms with van der Waals surface area (Å²) in [6.07, 6.45) is 7.11. The van der Waals surface area contributed by atoms with Gasteiger partial charge in [-0.2, -0.15) is 0 Å². The summed E-state index contributed by atoms with van der Waals surface area (Å²) >= 11 is 5.90. The average molecular weight is 422 g/mol. The van der Waals surface area contributed by atoms with Gasteiger partial charge in [0.1, 0.15) is 17.8 Å². The van der Waals surface area contributed by atoms with Crippen LogP contribution >= 0.6 is 11.6 Å². The molecule has 0 N–H and O–H groups in total. The zero-order valence-electron chi connectivity index (χ0n) is 16.4. The SMILES string of the molecule is CCC1CCN(c2ccc(-n3cnn4nc(-c5ccc(Cl)cn5)cc4c3=O)cn2)C1. The van der Waals surface area contributed by atoms with E-state index in [4.69, 9.17) is 11.6 Å². The summed E-state index contributed by atoms with van der Waals surface area (Å²) in [6.45, 7) is 4.29. The Morgan fingerprint density at radius 1 is 1.13 bits per heavy atom. The van der Waals surface area contributed by atoms with Crippen LogP contribution in [0.5, 0.6) is 0 Å². The van der Waals surface area contributed by atoms with Crippen LogP contribution in [0.4, 0.5) is 5.82 Å². The number of anilines is 1. The van der Waals surface area contributed by atoms with E-state index >= 15 is 0 Å². The Labute approximate surface area is 177 Å². The number of fused-ring (bicyclic) bond motifs is 1. The van der Waals surface area contributed by atoms with Crippen molar-refractivity contribution in [1.82, 2.24) is 29.4 Å². The highest BCUT2D eigenvalue weighted by molar-refractivity contribution is 6.30. The monoisotopic (exact) mass is 421 g/mol. The van der Waals surface area contributed by atoms with E-state index in [0.29, 0.717) is 27.6 Å². The van der Waals surface area contributed by atoms with E-state index < -0.39 is 0 Å². The van der Waals surface area contributed by atoms with Crippen molar-refractivity contribution in [2.45, 2.75) is 19.8 Å². The molecule has 1 unspecified atom stereocenters. The Kier molecular flexibility index (Phi) is 4.71. The predicted octanol–water partition coefficient (Wildman–Crippen LogP) is 3.23. The summed E-state index contributed by atoms with van der Waals surface area (Å²) in [4.78, 5) is 24.2.